The molecule has 0 radical (unpaired) electrons. The first-order chi connectivity index (χ1) is 13.8. The summed E-state index contributed by atoms with van der Waals surface area (Å²) in [5.41, 5.74) is 1.10. The van der Waals surface area contributed by atoms with Crippen molar-refractivity contribution in [1.29, 1.82) is 0 Å². The molecule has 29 heavy (non-hydrogen) atoms. The third-order valence-corrected chi connectivity index (χ3v) is 5.03. The van der Waals surface area contributed by atoms with Gasteiger partial charge in [-0.25, -0.2) is 4.79 Å². The van der Waals surface area contributed by atoms with Crippen LogP contribution in [0.15, 0.2) is 30.3 Å². The lowest BCUT2D eigenvalue weighted by molar-refractivity contribution is -0.120. The number of benzene rings is 2. The Morgan fingerprint density at radius 2 is 1.45 bits per heavy atom. The lowest BCUT2D eigenvalue weighted by atomic mass is 9.77. The Balaban J connectivity index is 2.88. The van der Waals surface area contributed by atoms with E-state index in [0.29, 0.717) is 28.4 Å². The highest BCUT2D eigenvalue weighted by Gasteiger charge is 2.33. The maximum Gasteiger partial charge on any atom is 0.336 e. The second-order valence-electron chi connectivity index (χ2n) is 6.56. The van der Waals surface area contributed by atoms with Gasteiger partial charge in [0.2, 0.25) is 0 Å². The maximum atomic E-state index is 12.4. The monoisotopic (exact) mass is 402 g/mol. The number of carbonyl (C=O) groups excluding carboxylic acids is 1. The highest BCUT2D eigenvalue weighted by Crippen LogP contribution is 2.45. The average Bonchev–Trinajstić information content (AvgIpc) is 2.72. The molecule has 7 nitrogen and oxygen atoms in total. The van der Waals surface area contributed by atoms with Crippen molar-refractivity contribution in [2.45, 2.75) is 19.8 Å². The second-order valence-corrected chi connectivity index (χ2v) is 6.56. The van der Waals surface area contributed by atoms with Crippen molar-refractivity contribution in [2.75, 3.05) is 28.4 Å². The molecule has 0 aliphatic carbocycles. The van der Waals surface area contributed by atoms with Crippen LogP contribution in [0.4, 0.5) is 0 Å². The minimum atomic E-state index is -1.12. The van der Waals surface area contributed by atoms with Crippen molar-refractivity contribution in [3.63, 3.8) is 0 Å². The minimum absolute atomic E-state index is 0.0375. The molecule has 2 rings (SSSR count). The third kappa shape index (κ3) is 4.29. The first-order valence-corrected chi connectivity index (χ1v) is 9.01. The zero-order valence-electron chi connectivity index (χ0n) is 17.4. The molecule has 0 spiro atoms. The molecule has 2 aromatic carbocycles. The van der Waals surface area contributed by atoms with Gasteiger partial charge in [-0.05, 0) is 36.8 Å². The summed E-state index contributed by atoms with van der Waals surface area (Å²) in [6.45, 7) is 3.24. The van der Waals surface area contributed by atoms with E-state index in [1.807, 2.05) is 0 Å². The van der Waals surface area contributed by atoms with Crippen molar-refractivity contribution in [3.05, 3.63) is 47.0 Å². The number of ketones is 1. The fraction of sp³-hybridized carbons (Fsp3) is 0.364. The summed E-state index contributed by atoms with van der Waals surface area (Å²) in [6.07, 6.45) is 0. The number of ether oxygens (including phenoxy) is 4. The van der Waals surface area contributed by atoms with Crippen LogP contribution < -0.4 is 18.9 Å². The van der Waals surface area contributed by atoms with Gasteiger partial charge >= 0.3 is 5.97 Å². The molecule has 7 heteroatoms. The van der Waals surface area contributed by atoms with E-state index in [0.717, 1.165) is 0 Å². The number of carbonyl (C=O) groups is 2. The van der Waals surface area contributed by atoms with Gasteiger partial charge in [0.05, 0.1) is 34.0 Å². The SMILES string of the molecule is COc1ccc([C@@H](c2c(C(=O)O)ccc(OC)c2OC)[C@H](C)C(C)=O)cc1OC. The zero-order chi connectivity index (χ0) is 21.7. The summed E-state index contributed by atoms with van der Waals surface area (Å²) in [7, 11) is 5.96. The molecule has 0 aliphatic rings. The van der Waals surface area contributed by atoms with E-state index in [1.165, 1.54) is 47.5 Å². The molecule has 0 amide bonds. The van der Waals surface area contributed by atoms with Crippen LogP contribution in [-0.2, 0) is 4.79 Å². The number of carboxylic acid groups (broad SMARTS) is 1. The molecular weight excluding hydrogens is 376 g/mol. The molecule has 2 atom stereocenters. The Bertz CT molecular complexity index is 904. The van der Waals surface area contributed by atoms with E-state index in [9.17, 15) is 14.7 Å². The summed E-state index contributed by atoms with van der Waals surface area (Å²) in [6, 6.07) is 8.25. The maximum absolute atomic E-state index is 12.4. The molecule has 0 heterocycles. The molecule has 1 N–H and O–H groups in total. The van der Waals surface area contributed by atoms with Crippen LogP contribution in [-0.4, -0.2) is 45.3 Å². The molecule has 0 aromatic heterocycles. The van der Waals surface area contributed by atoms with Crippen LogP contribution in [0.5, 0.6) is 23.0 Å². The van der Waals surface area contributed by atoms with E-state index in [4.69, 9.17) is 18.9 Å². The van der Waals surface area contributed by atoms with E-state index in [-0.39, 0.29) is 17.1 Å². The lowest BCUT2D eigenvalue weighted by Crippen LogP contribution is -2.22. The van der Waals surface area contributed by atoms with Gasteiger partial charge in [-0.1, -0.05) is 13.0 Å². The fourth-order valence-corrected chi connectivity index (χ4v) is 3.43. The van der Waals surface area contributed by atoms with Crippen LogP contribution in [0, 0.1) is 5.92 Å². The molecule has 156 valence electrons. The Kier molecular flexibility index (Phi) is 7.09. The molecule has 0 fully saturated rings. The van der Waals surface area contributed by atoms with Gasteiger partial charge in [0.1, 0.15) is 5.78 Å². The van der Waals surface area contributed by atoms with Crippen molar-refractivity contribution < 1.29 is 33.6 Å². The van der Waals surface area contributed by atoms with Crippen LogP contribution in [0.2, 0.25) is 0 Å². The van der Waals surface area contributed by atoms with Crippen LogP contribution in [0.25, 0.3) is 0 Å². The fourth-order valence-electron chi connectivity index (χ4n) is 3.43. The number of Topliss-reactive ketones (excluding diaryl/α,β-unsaturated/α-hetero) is 1. The molecule has 0 saturated carbocycles. The highest BCUT2D eigenvalue weighted by molar-refractivity contribution is 5.92. The Morgan fingerprint density at radius 1 is 0.862 bits per heavy atom. The zero-order valence-corrected chi connectivity index (χ0v) is 17.4. The Hall–Kier alpha value is -3.22. The topological polar surface area (TPSA) is 91.3 Å². The van der Waals surface area contributed by atoms with Gasteiger partial charge in [0, 0.05) is 17.4 Å². The summed E-state index contributed by atoms with van der Waals surface area (Å²) in [5.74, 6) is -0.691. The van der Waals surface area contributed by atoms with Gasteiger partial charge in [-0.3, -0.25) is 4.79 Å². The van der Waals surface area contributed by atoms with Crippen molar-refractivity contribution in [3.8, 4) is 23.0 Å². The number of hydrogen-bond donors (Lipinski definition) is 1. The predicted octanol–water partition coefficient (Wildman–Crippen LogP) is 3.78. The largest absolute Gasteiger partial charge is 0.493 e. The quantitative estimate of drug-likeness (QED) is 0.682. The summed E-state index contributed by atoms with van der Waals surface area (Å²) in [5, 5.41) is 9.82. The third-order valence-electron chi connectivity index (χ3n) is 5.03. The highest BCUT2D eigenvalue weighted by atomic mass is 16.5. The van der Waals surface area contributed by atoms with E-state index in [2.05, 4.69) is 0 Å². The Labute approximate surface area is 170 Å². The normalized spacial score (nSPS) is 12.6. The molecule has 0 saturated heterocycles. The van der Waals surface area contributed by atoms with Gasteiger partial charge < -0.3 is 24.1 Å². The summed E-state index contributed by atoms with van der Waals surface area (Å²) < 4.78 is 21.6. The number of carboxylic acids is 1. The lowest BCUT2D eigenvalue weighted by Gasteiger charge is -2.27. The van der Waals surface area contributed by atoms with E-state index < -0.39 is 17.8 Å². The molecule has 2 aromatic rings. The van der Waals surface area contributed by atoms with Crippen molar-refractivity contribution in [1.82, 2.24) is 0 Å². The molecule has 0 aliphatic heterocycles. The van der Waals surface area contributed by atoms with Gasteiger partial charge in [-0.15, -0.1) is 0 Å². The summed E-state index contributed by atoms with van der Waals surface area (Å²) in [4.78, 5) is 24.4. The number of methoxy groups -OCH3 is 4. The number of aromatic carboxylic acids is 1. The van der Waals surface area contributed by atoms with Crippen molar-refractivity contribution >= 4 is 11.8 Å². The molecular formula is C22H26O7. The van der Waals surface area contributed by atoms with Gasteiger partial charge in [0.15, 0.2) is 23.0 Å². The van der Waals surface area contributed by atoms with Crippen LogP contribution in [0.3, 0.4) is 0 Å². The molecule has 0 unspecified atom stereocenters. The van der Waals surface area contributed by atoms with Gasteiger partial charge in [-0.2, -0.15) is 0 Å². The second kappa shape index (κ2) is 9.32. The molecule has 0 bridgehead atoms. The van der Waals surface area contributed by atoms with E-state index in [1.54, 1.807) is 25.1 Å². The first-order valence-electron chi connectivity index (χ1n) is 9.01. The van der Waals surface area contributed by atoms with Crippen LogP contribution >= 0.6 is 0 Å². The van der Waals surface area contributed by atoms with Crippen LogP contribution in [0.1, 0.15) is 41.3 Å². The number of hydrogen-bond acceptors (Lipinski definition) is 6. The predicted molar refractivity (Wildman–Crippen MR) is 108 cm³/mol. The van der Waals surface area contributed by atoms with E-state index >= 15 is 0 Å². The summed E-state index contributed by atoms with van der Waals surface area (Å²) >= 11 is 0. The average molecular weight is 402 g/mol. The van der Waals surface area contributed by atoms with Gasteiger partial charge in [0.25, 0.3) is 0 Å². The Morgan fingerprint density at radius 3 is 1.93 bits per heavy atom. The first kappa shape index (κ1) is 22.1. The standard InChI is InChI=1S/C22H26O7/c1-12(13(2)23)19(14-7-9-16(26-3)18(11-14)28-5)20-15(22(24)25)8-10-17(27-4)21(20)29-6/h7-12,19H,1-6H3,(H,24,25)/t12-,19+/m1/s1. The minimum Gasteiger partial charge on any atom is -0.493 e. The smallest absolute Gasteiger partial charge is 0.336 e. The number of rotatable bonds is 9. The van der Waals surface area contributed by atoms with Crippen molar-refractivity contribution in [2.24, 2.45) is 5.92 Å².